The van der Waals surface area contributed by atoms with Crippen molar-refractivity contribution in [2.75, 3.05) is 13.2 Å². The number of fused-ring (bicyclic) bond motifs is 3. The largest absolute Gasteiger partial charge is 0.508 e. The summed E-state index contributed by atoms with van der Waals surface area (Å²) in [4.78, 5) is 40.1. The van der Waals surface area contributed by atoms with E-state index in [0.717, 1.165) is 27.8 Å². The maximum Gasteiger partial charge on any atom is 0.455 e. The molecule has 0 saturated carbocycles. The van der Waals surface area contributed by atoms with Crippen molar-refractivity contribution in [1.82, 2.24) is 4.90 Å². The maximum absolute atomic E-state index is 14.0. The molecule has 0 aromatic heterocycles. The van der Waals surface area contributed by atoms with Gasteiger partial charge in [0.25, 0.3) is 0 Å². The fourth-order valence-electron chi connectivity index (χ4n) is 7.65. The molecule has 11 heteroatoms. The molecule has 0 radical (unpaired) electrons. The molecule has 2 amide bonds. The number of phenols is 1. The molecule has 0 spiro atoms. The Labute approximate surface area is 297 Å². The summed E-state index contributed by atoms with van der Waals surface area (Å²) < 4.78 is 12.5. The van der Waals surface area contributed by atoms with E-state index in [1.807, 2.05) is 66.7 Å². The van der Waals surface area contributed by atoms with Crippen LogP contribution in [0.1, 0.15) is 56.1 Å². The second kappa shape index (κ2) is 16.1. The maximum atomic E-state index is 14.0. The second-order valence-corrected chi connectivity index (χ2v) is 13.6. The number of likely N-dealkylation sites (tertiary alicyclic amines) is 1. The topological polar surface area (TPSA) is 134 Å². The summed E-state index contributed by atoms with van der Waals surface area (Å²) in [6.45, 7) is 0.464. The van der Waals surface area contributed by atoms with E-state index >= 15 is 0 Å². The number of amides is 2. The molecule has 3 aromatic carbocycles. The second-order valence-electron chi connectivity index (χ2n) is 13.2. The molecular formula is C39H41BClNO8. The predicted octanol–water partition coefficient (Wildman–Crippen LogP) is 6.89. The minimum atomic E-state index is -1.12. The van der Waals surface area contributed by atoms with Gasteiger partial charge in [0.1, 0.15) is 18.1 Å². The number of carbonyl (C=O) groups excluding carboxylic acids is 2. The summed E-state index contributed by atoms with van der Waals surface area (Å²) in [5, 5.41) is 30.4. The van der Waals surface area contributed by atoms with Crippen LogP contribution in [-0.4, -0.2) is 64.3 Å². The van der Waals surface area contributed by atoms with Crippen LogP contribution in [0.4, 0.5) is 0 Å². The summed E-state index contributed by atoms with van der Waals surface area (Å²) in [7, 11) is -1.12. The van der Waals surface area contributed by atoms with Crippen molar-refractivity contribution in [1.29, 1.82) is 0 Å². The minimum Gasteiger partial charge on any atom is -0.508 e. The van der Waals surface area contributed by atoms with Gasteiger partial charge in [-0.15, -0.1) is 0 Å². The molecule has 2 aliphatic heterocycles. The number of allylic oxidation sites excluding steroid dienone is 1. The number of carboxylic acids is 1. The average Bonchev–Trinajstić information content (AvgIpc) is 3.34. The summed E-state index contributed by atoms with van der Waals surface area (Å²) in [6.07, 6.45) is 4.71. The van der Waals surface area contributed by atoms with Crippen molar-refractivity contribution in [2.45, 2.75) is 57.4 Å². The van der Waals surface area contributed by atoms with Crippen LogP contribution in [0.25, 0.3) is 11.6 Å². The lowest BCUT2D eigenvalue weighted by atomic mass is 9.58. The van der Waals surface area contributed by atoms with Crippen LogP contribution in [0.2, 0.25) is 11.3 Å². The summed E-state index contributed by atoms with van der Waals surface area (Å²) >= 11 is 6.50. The smallest absolute Gasteiger partial charge is 0.455 e. The standard InChI is InChI=1S/C39H41BClNO8/c41-33-22-29(43)17-15-27(33)20-26(25-10-4-1-5-11-25)16-18-34-36-28(24-49-30-12-6-2-7-13-30)21-31-37(32(36)23-40(48)50-34)39(47)42(38(31)46)19-9-3-8-14-35(44)45/h1-2,4-7,10-13,15,17,20,22,31-32,34,37,43,48H,3,8-9,14,16,18-19,21,23-24H2,(H,44,45)/b26-20-/t31-,32+,34-,37-/m1/s1. The number of unbranched alkanes of at least 4 members (excludes halogenated alkanes) is 2. The van der Waals surface area contributed by atoms with Gasteiger partial charge in [0.2, 0.25) is 11.8 Å². The molecule has 2 fully saturated rings. The number of carbonyl (C=O) groups is 3. The zero-order valence-corrected chi connectivity index (χ0v) is 28.5. The van der Waals surface area contributed by atoms with Crippen LogP contribution in [0.15, 0.2) is 90.0 Å². The zero-order chi connectivity index (χ0) is 35.2. The van der Waals surface area contributed by atoms with Gasteiger partial charge in [0.05, 0.1) is 23.0 Å². The molecule has 260 valence electrons. The molecule has 4 atom stereocenters. The number of phenolic OH excluding ortho intramolecular Hbond substituents is 1. The van der Waals surface area contributed by atoms with Gasteiger partial charge in [0.15, 0.2) is 0 Å². The Bertz CT molecular complexity index is 1760. The number of benzene rings is 3. The van der Waals surface area contributed by atoms with E-state index in [1.54, 1.807) is 12.1 Å². The minimum absolute atomic E-state index is 0.0513. The summed E-state index contributed by atoms with van der Waals surface area (Å²) in [5.74, 6) is -2.13. The molecule has 0 unspecified atom stereocenters. The molecule has 3 aliphatic rings. The first-order chi connectivity index (χ1) is 24.2. The Kier molecular flexibility index (Phi) is 11.4. The molecule has 2 saturated heterocycles. The van der Waals surface area contributed by atoms with E-state index in [9.17, 15) is 24.5 Å². The van der Waals surface area contributed by atoms with Crippen LogP contribution in [0.5, 0.6) is 11.5 Å². The van der Waals surface area contributed by atoms with E-state index in [0.29, 0.717) is 49.3 Å². The lowest BCUT2D eigenvalue weighted by Crippen LogP contribution is -2.46. The molecule has 9 nitrogen and oxygen atoms in total. The van der Waals surface area contributed by atoms with Gasteiger partial charge >= 0.3 is 13.1 Å². The van der Waals surface area contributed by atoms with Crippen LogP contribution in [-0.2, 0) is 19.0 Å². The highest BCUT2D eigenvalue weighted by molar-refractivity contribution is 6.43. The van der Waals surface area contributed by atoms with E-state index in [4.69, 9.17) is 26.1 Å². The van der Waals surface area contributed by atoms with Crippen LogP contribution in [0, 0.1) is 17.8 Å². The van der Waals surface area contributed by atoms with Crippen molar-refractivity contribution in [3.05, 3.63) is 106 Å². The number of aliphatic carboxylic acids is 1. The van der Waals surface area contributed by atoms with E-state index < -0.39 is 36.9 Å². The van der Waals surface area contributed by atoms with Gasteiger partial charge in [-0.25, -0.2) is 0 Å². The van der Waals surface area contributed by atoms with Crippen molar-refractivity contribution < 1.29 is 39.0 Å². The molecule has 3 aromatic rings. The van der Waals surface area contributed by atoms with Crippen LogP contribution >= 0.6 is 11.6 Å². The number of aromatic hydroxyl groups is 1. The SMILES string of the molecule is O=C(O)CCCCCN1C(=O)[C@@H]2[C@@H](CC(COc3ccccc3)=C3[C@@H](CC/C(=C/c4ccc(O)cc4Cl)c4ccccc4)OB(O)C[C@@H]32)C1=O. The highest BCUT2D eigenvalue weighted by atomic mass is 35.5. The number of hydrogen-bond donors (Lipinski definition) is 3. The molecule has 3 N–H and O–H groups in total. The highest BCUT2D eigenvalue weighted by Gasteiger charge is 2.57. The molecular weight excluding hydrogens is 657 g/mol. The monoisotopic (exact) mass is 697 g/mol. The fourth-order valence-corrected chi connectivity index (χ4v) is 7.88. The normalized spacial score (nSPS) is 22.1. The molecule has 1 aliphatic carbocycles. The van der Waals surface area contributed by atoms with Gasteiger partial charge < -0.3 is 24.6 Å². The third-order valence-corrected chi connectivity index (χ3v) is 10.3. The highest BCUT2D eigenvalue weighted by Crippen LogP contribution is 2.51. The number of ether oxygens (including phenoxy) is 1. The third kappa shape index (κ3) is 8.15. The molecule has 6 rings (SSSR count). The van der Waals surface area contributed by atoms with Gasteiger partial charge in [-0.1, -0.05) is 66.6 Å². The number of halogens is 1. The number of rotatable bonds is 14. The first-order valence-electron chi connectivity index (χ1n) is 17.2. The number of para-hydroxylation sites is 1. The van der Waals surface area contributed by atoms with Crippen molar-refractivity contribution >= 4 is 48.2 Å². The van der Waals surface area contributed by atoms with Gasteiger partial charge in [0, 0.05) is 13.0 Å². The fraction of sp³-hybridized carbons (Fsp3) is 0.359. The van der Waals surface area contributed by atoms with E-state index in [1.165, 1.54) is 11.0 Å². The van der Waals surface area contributed by atoms with Crippen LogP contribution < -0.4 is 4.74 Å². The third-order valence-electron chi connectivity index (χ3n) is 9.96. The Morgan fingerprint density at radius 2 is 1.70 bits per heavy atom. The molecule has 50 heavy (non-hydrogen) atoms. The number of carboxylic acid groups (broad SMARTS) is 1. The summed E-state index contributed by atoms with van der Waals surface area (Å²) in [5.41, 5.74) is 4.56. The average molecular weight is 698 g/mol. The number of imide groups is 1. The Morgan fingerprint density at radius 1 is 0.960 bits per heavy atom. The number of nitrogens with zero attached hydrogens (tertiary/aromatic N) is 1. The Morgan fingerprint density at radius 3 is 2.42 bits per heavy atom. The van der Waals surface area contributed by atoms with E-state index in [-0.39, 0.29) is 43.5 Å². The first-order valence-corrected chi connectivity index (χ1v) is 17.6. The predicted molar refractivity (Wildman–Crippen MR) is 191 cm³/mol. The molecule has 2 heterocycles. The van der Waals surface area contributed by atoms with Crippen molar-refractivity contribution in [3.8, 4) is 11.5 Å². The van der Waals surface area contributed by atoms with Gasteiger partial charge in [-0.2, -0.15) is 0 Å². The first kappa shape index (κ1) is 35.5. The number of hydrogen-bond acceptors (Lipinski definition) is 7. The quantitative estimate of drug-likeness (QED) is 0.0546. The Balaban J connectivity index is 1.29. The van der Waals surface area contributed by atoms with Gasteiger partial charge in [-0.3, -0.25) is 19.3 Å². The lowest BCUT2D eigenvalue weighted by molar-refractivity contribution is -0.141. The van der Waals surface area contributed by atoms with Gasteiger partial charge in [-0.05, 0) is 109 Å². The van der Waals surface area contributed by atoms with Crippen molar-refractivity contribution in [2.24, 2.45) is 17.8 Å². The van der Waals surface area contributed by atoms with Crippen molar-refractivity contribution in [3.63, 3.8) is 0 Å². The van der Waals surface area contributed by atoms with E-state index in [2.05, 4.69) is 0 Å². The Hall–Kier alpha value is -4.38. The lowest BCUT2D eigenvalue weighted by Gasteiger charge is -2.43. The molecule has 0 bridgehead atoms. The van der Waals surface area contributed by atoms with Crippen LogP contribution in [0.3, 0.4) is 0 Å². The zero-order valence-electron chi connectivity index (χ0n) is 27.7. The summed E-state index contributed by atoms with van der Waals surface area (Å²) in [6, 6.07) is 24.2.